The first-order valence-electron chi connectivity index (χ1n) is 9.82. The number of carbonyl (C=O) groups is 3. The molecule has 1 heterocycles. The highest BCUT2D eigenvalue weighted by Gasteiger charge is 2.70. The maximum Gasteiger partial charge on any atom is 0.333 e. The van der Waals surface area contributed by atoms with Crippen LogP contribution in [0.4, 0.5) is 0 Å². The third kappa shape index (κ3) is 3.26. The fraction of sp³-hybridized carbons (Fsp3) is 0.750. The Bertz CT molecular complexity index is 651. The molecular weight excluding hydrogens is 352 g/mol. The summed E-state index contributed by atoms with van der Waals surface area (Å²) in [6, 6.07) is 0. The Hall–Kier alpha value is -1.89. The van der Waals surface area contributed by atoms with Crippen molar-refractivity contribution in [1.29, 1.82) is 0 Å². The Labute approximate surface area is 158 Å². The molecule has 0 amide bonds. The molecule has 6 unspecified atom stereocenters. The van der Waals surface area contributed by atoms with Gasteiger partial charge in [-0.2, -0.15) is 0 Å². The van der Waals surface area contributed by atoms with Crippen LogP contribution in [0.15, 0.2) is 12.2 Å². The predicted octanol–water partition coefficient (Wildman–Crippen LogP) is 2.13. The van der Waals surface area contributed by atoms with Crippen molar-refractivity contribution < 1.29 is 33.3 Å². The van der Waals surface area contributed by atoms with Crippen molar-refractivity contribution in [3.63, 3.8) is 0 Å². The number of carbonyl (C=O) groups excluding carboxylic acids is 3. The molecule has 0 aromatic heterocycles. The van der Waals surface area contributed by atoms with E-state index in [-0.39, 0.29) is 30.3 Å². The van der Waals surface area contributed by atoms with E-state index in [9.17, 15) is 14.4 Å². The van der Waals surface area contributed by atoms with Crippen LogP contribution >= 0.6 is 0 Å². The lowest BCUT2D eigenvalue weighted by atomic mass is 9.78. The summed E-state index contributed by atoms with van der Waals surface area (Å²) in [5.74, 6) is -2.88. The van der Waals surface area contributed by atoms with E-state index in [1.807, 2.05) is 0 Å². The zero-order valence-corrected chi connectivity index (χ0v) is 15.6. The summed E-state index contributed by atoms with van der Waals surface area (Å²) in [4.78, 5) is 36.9. The number of hydrogen-bond donors (Lipinski definition) is 0. The largest absolute Gasteiger partial charge is 0.458 e. The second-order valence-electron chi connectivity index (χ2n) is 8.17. The standard InChI is InChI=1S/C20H26O7/c1-10(2)18(21)26-16-12-8-13-15(20(23)27-17(13)16)14(12)19(22)25-9-24-11-6-4-3-5-7-11/h11-17H,1,3-9H2,2H3. The third-order valence-electron chi connectivity index (χ3n) is 6.47. The first-order valence-corrected chi connectivity index (χ1v) is 9.82. The van der Waals surface area contributed by atoms with Crippen molar-refractivity contribution >= 4 is 17.9 Å². The topological polar surface area (TPSA) is 88.1 Å². The Balaban J connectivity index is 1.39. The molecule has 0 aromatic carbocycles. The molecule has 1 aliphatic heterocycles. The molecule has 0 spiro atoms. The third-order valence-corrected chi connectivity index (χ3v) is 6.47. The van der Waals surface area contributed by atoms with Gasteiger partial charge >= 0.3 is 17.9 Å². The second-order valence-corrected chi connectivity index (χ2v) is 8.17. The van der Waals surface area contributed by atoms with Gasteiger partial charge in [0.05, 0.1) is 17.9 Å². The van der Waals surface area contributed by atoms with Crippen LogP contribution in [0.3, 0.4) is 0 Å². The molecule has 7 heteroatoms. The average Bonchev–Trinajstić information content (AvgIpc) is 3.26. The SMILES string of the molecule is C=C(C)C(=O)OC1C2CC3C1OC(=O)C3C2C(=O)OCOC1CCCCC1. The average molecular weight is 378 g/mol. The van der Waals surface area contributed by atoms with E-state index in [1.54, 1.807) is 6.92 Å². The van der Waals surface area contributed by atoms with Gasteiger partial charge < -0.3 is 18.9 Å². The molecule has 4 rings (SSSR count). The minimum absolute atomic E-state index is 0.0952. The summed E-state index contributed by atoms with van der Waals surface area (Å²) in [6.07, 6.45) is 5.15. The van der Waals surface area contributed by atoms with E-state index < -0.39 is 42.0 Å². The lowest BCUT2D eigenvalue weighted by Crippen LogP contribution is -2.44. The van der Waals surface area contributed by atoms with E-state index in [0.29, 0.717) is 6.42 Å². The van der Waals surface area contributed by atoms with Gasteiger partial charge in [-0.1, -0.05) is 25.8 Å². The van der Waals surface area contributed by atoms with E-state index in [1.165, 1.54) is 6.42 Å². The van der Waals surface area contributed by atoms with Crippen LogP contribution in [-0.2, 0) is 33.3 Å². The van der Waals surface area contributed by atoms with E-state index >= 15 is 0 Å². The number of rotatable bonds is 6. The van der Waals surface area contributed by atoms with E-state index in [4.69, 9.17) is 18.9 Å². The zero-order valence-electron chi connectivity index (χ0n) is 15.6. The molecular formula is C20H26O7. The van der Waals surface area contributed by atoms with Gasteiger partial charge in [-0.3, -0.25) is 9.59 Å². The molecule has 0 N–H and O–H groups in total. The lowest BCUT2D eigenvalue weighted by molar-refractivity contribution is -0.175. The van der Waals surface area contributed by atoms with Gasteiger partial charge in [0.2, 0.25) is 0 Å². The van der Waals surface area contributed by atoms with Crippen LogP contribution in [0.1, 0.15) is 45.4 Å². The maximum atomic E-state index is 12.7. The summed E-state index contributed by atoms with van der Waals surface area (Å²) in [5.41, 5.74) is 0.277. The number of hydrogen-bond acceptors (Lipinski definition) is 7. The van der Waals surface area contributed by atoms with Crippen molar-refractivity contribution in [2.75, 3.05) is 6.79 Å². The van der Waals surface area contributed by atoms with Gasteiger partial charge in [-0.05, 0) is 26.2 Å². The van der Waals surface area contributed by atoms with Crippen LogP contribution in [0, 0.1) is 23.7 Å². The number of fused-ring (bicyclic) bond motifs is 1. The number of ether oxygens (including phenoxy) is 4. The molecule has 4 fully saturated rings. The molecule has 3 saturated carbocycles. The highest BCUT2D eigenvalue weighted by atomic mass is 16.7. The fourth-order valence-corrected chi connectivity index (χ4v) is 5.21. The molecule has 7 nitrogen and oxygen atoms in total. The van der Waals surface area contributed by atoms with Crippen molar-refractivity contribution in [3.05, 3.63) is 12.2 Å². The predicted molar refractivity (Wildman–Crippen MR) is 92.1 cm³/mol. The molecule has 148 valence electrons. The van der Waals surface area contributed by atoms with E-state index in [2.05, 4.69) is 6.58 Å². The van der Waals surface area contributed by atoms with Gasteiger partial charge in [-0.15, -0.1) is 0 Å². The summed E-state index contributed by atoms with van der Waals surface area (Å²) in [7, 11) is 0. The van der Waals surface area contributed by atoms with Crippen molar-refractivity contribution in [1.82, 2.24) is 0 Å². The molecule has 3 aliphatic carbocycles. The van der Waals surface area contributed by atoms with Crippen LogP contribution in [0.25, 0.3) is 0 Å². The van der Waals surface area contributed by atoms with Crippen LogP contribution in [0.2, 0.25) is 0 Å². The quantitative estimate of drug-likeness (QED) is 0.303. The Kier molecular flexibility index (Phi) is 4.97. The summed E-state index contributed by atoms with van der Waals surface area (Å²) >= 11 is 0. The van der Waals surface area contributed by atoms with Gasteiger partial charge in [0.25, 0.3) is 0 Å². The minimum Gasteiger partial charge on any atom is -0.458 e. The van der Waals surface area contributed by atoms with E-state index in [0.717, 1.165) is 25.7 Å². The normalized spacial score (nSPS) is 37.1. The van der Waals surface area contributed by atoms with Crippen LogP contribution < -0.4 is 0 Å². The molecule has 2 bridgehead atoms. The lowest BCUT2D eigenvalue weighted by Gasteiger charge is -2.30. The second kappa shape index (κ2) is 7.26. The molecule has 0 aromatic rings. The fourth-order valence-electron chi connectivity index (χ4n) is 5.21. The molecule has 27 heavy (non-hydrogen) atoms. The summed E-state index contributed by atoms with van der Waals surface area (Å²) < 4.78 is 22.0. The molecule has 1 saturated heterocycles. The first kappa shape index (κ1) is 18.5. The highest BCUT2D eigenvalue weighted by molar-refractivity contribution is 5.88. The first-order chi connectivity index (χ1) is 13.0. The monoisotopic (exact) mass is 378 g/mol. The Morgan fingerprint density at radius 1 is 1.19 bits per heavy atom. The summed E-state index contributed by atoms with van der Waals surface area (Å²) in [6.45, 7) is 5.05. The summed E-state index contributed by atoms with van der Waals surface area (Å²) in [5, 5.41) is 0. The maximum absolute atomic E-state index is 12.7. The minimum atomic E-state index is -0.640. The smallest absolute Gasteiger partial charge is 0.333 e. The van der Waals surface area contributed by atoms with Gasteiger partial charge in [0.1, 0.15) is 12.2 Å². The van der Waals surface area contributed by atoms with Crippen LogP contribution in [-0.4, -0.2) is 43.0 Å². The zero-order chi connectivity index (χ0) is 19.1. The molecule has 0 radical (unpaired) electrons. The van der Waals surface area contributed by atoms with Gasteiger partial charge in [0, 0.05) is 17.4 Å². The van der Waals surface area contributed by atoms with Gasteiger partial charge in [0.15, 0.2) is 6.79 Å². The number of esters is 3. The van der Waals surface area contributed by atoms with Gasteiger partial charge in [-0.25, -0.2) is 4.79 Å². The van der Waals surface area contributed by atoms with Crippen molar-refractivity contribution in [2.24, 2.45) is 23.7 Å². The van der Waals surface area contributed by atoms with Crippen LogP contribution in [0.5, 0.6) is 0 Å². The molecule has 4 aliphatic rings. The highest BCUT2D eigenvalue weighted by Crippen LogP contribution is 2.59. The van der Waals surface area contributed by atoms with Crippen molar-refractivity contribution in [2.45, 2.75) is 63.8 Å². The molecule has 6 atom stereocenters. The van der Waals surface area contributed by atoms with Crippen molar-refractivity contribution in [3.8, 4) is 0 Å². The Morgan fingerprint density at radius 2 is 1.93 bits per heavy atom. The Morgan fingerprint density at radius 3 is 2.63 bits per heavy atom.